The molecular formula is C10H13N3O2S. The average Bonchev–Trinajstić information content (AvgIpc) is 2.58. The zero-order valence-corrected chi connectivity index (χ0v) is 9.88. The fraction of sp³-hybridized carbons (Fsp3) is 0.300. The van der Waals surface area contributed by atoms with Crippen LogP contribution in [0.25, 0.3) is 11.0 Å². The van der Waals surface area contributed by atoms with Crippen LogP contribution in [0, 0.1) is 0 Å². The number of H-pyrrole nitrogens is 1. The summed E-state index contributed by atoms with van der Waals surface area (Å²) in [6.45, 7) is 1.81. The quantitative estimate of drug-likeness (QED) is 0.817. The van der Waals surface area contributed by atoms with Crippen LogP contribution in [-0.4, -0.2) is 24.6 Å². The Morgan fingerprint density at radius 1 is 1.44 bits per heavy atom. The fourth-order valence-electron chi connectivity index (χ4n) is 1.45. The van der Waals surface area contributed by atoms with Crippen LogP contribution in [0.5, 0.6) is 0 Å². The number of fused-ring (bicyclic) bond motifs is 1. The first-order valence-electron chi connectivity index (χ1n) is 4.83. The summed E-state index contributed by atoms with van der Waals surface area (Å²) < 4.78 is 22.7. The summed E-state index contributed by atoms with van der Waals surface area (Å²) in [7, 11) is -3.18. The van der Waals surface area contributed by atoms with Crippen molar-refractivity contribution in [3.63, 3.8) is 0 Å². The molecule has 0 saturated heterocycles. The number of nitrogens with two attached hydrogens (primary N) is 1. The lowest BCUT2D eigenvalue weighted by atomic mass is 10.3. The molecule has 6 heteroatoms. The molecule has 0 spiro atoms. The van der Waals surface area contributed by atoms with E-state index in [2.05, 4.69) is 9.97 Å². The van der Waals surface area contributed by atoms with E-state index in [4.69, 9.17) is 5.73 Å². The highest BCUT2D eigenvalue weighted by Gasteiger charge is 2.11. The molecule has 0 saturated carbocycles. The number of rotatable bonds is 2. The lowest BCUT2D eigenvalue weighted by Gasteiger charge is -1.97. The third-order valence-electron chi connectivity index (χ3n) is 2.33. The standard InChI is InChI=1S/C10H13N3O2S/c1-6(11)10-12-8-4-3-7(16(2,14)15)5-9(8)13-10/h3-6H,11H2,1-2H3,(H,12,13). The van der Waals surface area contributed by atoms with Crippen LogP contribution in [-0.2, 0) is 9.84 Å². The maximum absolute atomic E-state index is 11.4. The Bertz CT molecular complexity index is 629. The fourth-order valence-corrected chi connectivity index (χ4v) is 2.10. The Morgan fingerprint density at radius 2 is 2.12 bits per heavy atom. The highest BCUT2D eigenvalue weighted by Crippen LogP contribution is 2.18. The zero-order chi connectivity index (χ0) is 11.9. The summed E-state index contributed by atoms with van der Waals surface area (Å²) in [6, 6.07) is 4.59. The van der Waals surface area contributed by atoms with Gasteiger partial charge in [-0.1, -0.05) is 0 Å². The van der Waals surface area contributed by atoms with Crippen molar-refractivity contribution in [3.8, 4) is 0 Å². The number of hydrogen-bond donors (Lipinski definition) is 2. The van der Waals surface area contributed by atoms with Crippen molar-refractivity contribution >= 4 is 20.9 Å². The lowest BCUT2D eigenvalue weighted by Crippen LogP contribution is -2.06. The number of benzene rings is 1. The molecule has 0 aliphatic rings. The number of imidazole rings is 1. The van der Waals surface area contributed by atoms with Crippen molar-refractivity contribution in [2.24, 2.45) is 5.73 Å². The molecule has 0 bridgehead atoms. The van der Waals surface area contributed by atoms with Gasteiger partial charge in [-0.25, -0.2) is 13.4 Å². The topological polar surface area (TPSA) is 88.8 Å². The van der Waals surface area contributed by atoms with E-state index in [0.717, 1.165) is 5.52 Å². The second-order valence-electron chi connectivity index (χ2n) is 3.86. The minimum Gasteiger partial charge on any atom is -0.341 e. The molecule has 0 radical (unpaired) electrons. The molecule has 1 aromatic heterocycles. The van der Waals surface area contributed by atoms with E-state index in [1.54, 1.807) is 18.2 Å². The van der Waals surface area contributed by atoms with Gasteiger partial charge < -0.3 is 10.7 Å². The first-order valence-corrected chi connectivity index (χ1v) is 6.72. The van der Waals surface area contributed by atoms with Crippen LogP contribution >= 0.6 is 0 Å². The summed E-state index contributed by atoms with van der Waals surface area (Å²) >= 11 is 0. The van der Waals surface area contributed by atoms with Gasteiger partial charge in [-0.2, -0.15) is 0 Å². The summed E-state index contributed by atoms with van der Waals surface area (Å²) in [6.07, 6.45) is 1.18. The maximum Gasteiger partial charge on any atom is 0.175 e. The lowest BCUT2D eigenvalue weighted by molar-refractivity contribution is 0.602. The molecule has 1 aromatic carbocycles. The second kappa shape index (κ2) is 3.57. The molecule has 5 nitrogen and oxygen atoms in total. The minimum absolute atomic E-state index is 0.200. The predicted molar refractivity (Wildman–Crippen MR) is 61.8 cm³/mol. The summed E-state index contributed by atoms with van der Waals surface area (Å²) in [5.41, 5.74) is 7.10. The molecule has 2 rings (SSSR count). The first-order chi connectivity index (χ1) is 7.38. The van der Waals surface area contributed by atoms with E-state index >= 15 is 0 Å². The molecule has 1 heterocycles. The Morgan fingerprint density at radius 3 is 2.69 bits per heavy atom. The highest BCUT2D eigenvalue weighted by atomic mass is 32.2. The summed E-state index contributed by atoms with van der Waals surface area (Å²) in [5.74, 6) is 0.653. The van der Waals surface area contributed by atoms with Gasteiger partial charge in [-0.05, 0) is 25.1 Å². The predicted octanol–water partition coefficient (Wildman–Crippen LogP) is 0.986. The average molecular weight is 239 g/mol. The SMILES string of the molecule is CC(N)c1nc2ccc(S(C)(=O)=O)cc2[nH]1. The highest BCUT2D eigenvalue weighted by molar-refractivity contribution is 7.90. The van der Waals surface area contributed by atoms with Crippen LogP contribution in [0.2, 0.25) is 0 Å². The number of aromatic amines is 1. The molecule has 2 aromatic rings. The number of sulfone groups is 1. The third-order valence-corrected chi connectivity index (χ3v) is 3.44. The first kappa shape index (κ1) is 11.1. The van der Waals surface area contributed by atoms with E-state index < -0.39 is 9.84 Å². The Labute approximate surface area is 93.6 Å². The van der Waals surface area contributed by atoms with Gasteiger partial charge in [0.05, 0.1) is 22.0 Å². The van der Waals surface area contributed by atoms with Crippen molar-refractivity contribution in [2.45, 2.75) is 17.9 Å². The number of hydrogen-bond acceptors (Lipinski definition) is 4. The largest absolute Gasteiger partial charge is 0.341 e. The molecule has 86 valence electrons. The Balaban J connectivity index is 2.63. The number of nitrogens with zero attached hydrogens (tertiary/aromatic N) is 1. The van der Waals surface area contributed by atoms with Gasteiger partial charge in [0.2, 0.25) is 0 Å². The normalized spacial score (nSPS) is 14.2. The molecule has 3 N–H and O–H groups in total. The summed E-state index contributed by atoms with van der Waals surface area (Å²) in [5, 5.41) is 0. The van der Waals surface area contributed by atoms with Crippen molar-refractivity contribution in [2.75, 3.05) is 6.26 Å². The van der Waals surface area contributed by atoms with Crippen molar-refractivity contribution in [3.05, 3.63) is 24.0 Å². The van der Waals surface area contributed by atoms with Crippen LogP contribution in [0.4, 0.5) is 0 Å². The monoisotopic (exact) mass is 239 g/mol. The Hall–Kier alpha value is -1.40. The van der Waals surface area contributed by atoms with E-state index in [9.17, 15) is 8.42 Å². The smallest absolute Gasteiger partial charge is 0.175 e. The van der Waals surface area contributed by atoms with E-state index in [1.165, 1.54) is 6.26 Å². The maximum atomic E-state index is 11.4. The molecule has 1 atom stereocenters. The van der Waals surface area contributed by atoms with Gasteiger partial charge in [0.1, 0.15) is 5.82 Å². The van der Waals surface area contributed by atoms with Crippen molar-refractivity contribution in [1.29, 1.82) is 0 Å². The van der Waals surface area contributed by atoms with E-state index in [-0.39, 0.29) is 10.9 Å². The third kappa shape index (κ3) is 1.94. The van der Waals surface area contributed by atoms with E-state index in [1.807, 2.05) is 6.92 Å². The second-order valence-corrected chi connectivity index (χ2v) is 5.88. The molecule has 16 heavy (non-hydrogen) atoms. The number of aromatic nitrogens is 2. The Kier molecular flexibility index (Phi) is 2.47. The van der Waals surface area contributed by atoms with Crippen LogP contribution in [0.1, 0.15) is 18.8 Å². The van der Waals surface area contributed by atoms with Gasteiger partial charge in [0.15, 0.2) is 9.84 Å². The molecule has 1 unspecified atom stereocenters. The van der Waals surface area contributed by atoms with Crippen LogP contribution in [0.3, 0.4) is 0 Å². The van der Waals surface area contributed by atoms with E-state index in [0.29, 0.717) is 11.3 Å². The molecule has 0 fully saturated rings. The number of nitrogens with one attached hydrogen (secondary N) is 1. The van der Waals surface area contributed by atoms with Gasteiger partial charge in [0.25, 0.3) is 0 Å². The molecular weight excluding hydrogens is 226 g/mol. The molecule has 0 amide bonds. The molecule has 0 aliphatic carbocycles. The van der Waals surface area contributed by atoms with Crippen LogP contribution < -0.4 is 5.73 Å². The van der Waals surface area contributed by atoms with Gasteiger partial charge in [-0.3, -0.25) is 0 Å². The minimum atomic E-state index is -3.18. The zero-order valence-electron chi connectivity index (χ0n) is 9.06. The van der Waals surface area contributed by atoms with Crippen molar-refractivity contribution < 1.29 is 8.42 Å². The van der Waals surface area contributed by atoms with Crippen molar-refractivity contribution in [1.82, 2.24) is 9.97 Å². The summed E-state index contributed by atoms with van der Waals surface area (Å²) in [4.78, 5) is 7.54. The van der Waals surface area contributed by atoms with Crippen LogP contribution in [0.15, 0.2) is 23.1 Å². The molecule has 0 aliphatic heterocycles. The van der Waals surface area contributed by atoms with Gasteiger partial charge in [0, 0.05) is 6.26 Å². The van der Waals surface area contributed by atoms with Gasteiger partial charge >= 0.3 is 0 Å². The van der Waals surface area contributed by atoms with Gasteiger partial charge in [-0.15, -0.1) is 0 Å².